The molecule has 9 heteroatoms. The number of halogens is 2. The van der Waals surface area contributed by atoms with Crippen LogP contribution >= 0.6 is 35.0 Å². The van der Waals surface area contributed by atoms with E-state index in [4.69, 9.17) is 23.2 Å². The lowest BCUT2D eigenvalue weighted by Gasteiger charge is -2.34. The highest BCUT2D eigenvalue weighted by atomic mass is 35.5. The van der Waals surface area contributed by atoms with Gasteiger partial charge in [-0.15, -0.1) is 0 Å². The molecule has 1 unspecified atom stereocenters. The molecule has 2 aromatic carbocycles. The van der Waals surface area contributed by atoms with Gasteiger partial charge in [0, 0.05) is 11.5 Å². The maximum absolute atomic E-state index is 13.3. The van der Waals surface area contributed by atoms with Crippen LogP contribution in [0.25, 0.3) is 11.3 Å². The molecule has 0 bridgehead atoms. The summed E-state index contributed by atoms with van der Waals surface area (Å²) in [6, 6.07) is 12.5. The van der Waals surface area contributed by atoms with Gasteiger partial charge in [-0.2, -0.15) is 0 Å². The number of amides is 1. The summed E-state index contributed by atoms with van der Waals surface area (Å²) in [7, 11) is 0. The van der Waals surface area contributed by atoms with Gasteiger partial charge in [0.05, 0.1) is 32.7 Å². The summed E-state index contributed by atoms with van der Waals surface area (Å²) in [5, 5.41) is 18.6. The maximum atomic E-state index is 13.3. The Morgan fingerprint density at radius 2 is 2.00 bits per heavy atom. The van der Waals surface area contributed by atoms with Gasteiger partial charge in [0.25, 0.3) is 17.0 Å². The number of carbonyl (C=O) groups excluding carboxylic acids is 1. The number of benzene rings is 2. The quantitative estimate of drug-likeness (QED) is 0.430. The SMILES string of the molecule is CCCC(=O)N1c2ccccc2-c2c([O-])nc(SC)n[n+]2C1c1cccc(Cl)c1Cl. The molecule has 1 amide bonds. The number of carbonyl (C=O) groups is 1. The van der Waals surface area contributed by atoms with E-state index in [9.17, 15) is 9.90 Å². The minimum Gasteiger partial charge on any atom is -0.854 e. The molecule has 1 aliphatic rings. The van der Waals surface area contributed by atoms with Crippen LogP contribution in [0, 0.1) is 0 Å². The molecule has 6 nitrogen and oxygen atoms in total. The van der Waals surface area contributed by atoms with Gasteiger partial charge in [-0.05, 0) is 36.9 Å². The van der Waals surface area contributed by atoms with Gasteiger partial charge in [0.15, 0.2) is 0 Å². The van der Waals surface area contributed by atoms with Crippen LogP contribution < -0.4 is 14.7 Å². The fourth-order valence-corrected chi connectivity index (χ4v) is 4.37. The summed E-state index contributed by atoms with van der Waals surface area (Å²) in [6.45, 7) is 1.94. The first-order chi connectivity index (χ1) is 14.5. The Morgan fingerprint density at radius 1 is 1.23 bits per heavy atom. The van der Waals surface area contributed by atoms with E-state index >= 15 is 0 Å². The Morgan fingerprint density at radius 3 is 2.73 bits per heavy atom. The van der Waals surface area contributed by atoms with E-state index in [-0.39, 0.29) is 5.91 Å². The molecule has 3 aromatic rings. The molecule has 2 heterocycles. The van der Waals surface area contributed by atoms with Crippen molar-refractivity contribution in [2.45, 2.75) is 31.1 Å². The predicted molar refractivity (Wildman–Crippen MR) is 116 cm³/mol. The number of fused-ring (bicyclic) bond motifs is 3. The molecular weight excluding hydrogens is 443 g/mol. The molecule has 0 saturated heterocycles. The third kappa shape index (κ3) is 3.41. The first kappa shape index (κ1) is 20.9. The van der Waals surface area contributed by atoms with Crippen molar-refractivity contribution in [2.75, 3.05) is 11.2 Å². The fourth-order valence-electron chi connectivity index (χ4n) is 3.63. The number of rotatable bonds is 4. The highest BCUT2D eigenvalue weighted by Gasteiger charge is 2.45. The Labute approximate surface area is 188 Å². The van der Waals surface area contributed by atoms with Crippen LogP contribution in [0.15, 0.2) is 47.6 Å². The summed E-state index contributed by atoms with van der Waals surface area (Å²) < 4.78 is 1.55. The average Bonchev–Trinajstić information content (AvgIpc) is 2.74. The number of aromatic nitrogens is 3. The van der Waals surface area contributed by atoms with Gasteiger partial charge in [-0.3, -0.25) is 4.79 Å². The number of thioether (sulfide) groups is 1. The highest BCUT2D eigenvalue weighted by molar-refractivity contribution is 7.98. The van der Waals surface area contributed by atoms with Crippen molar-refractivity contribution in [3.05, 3.63) is 58.1 Å². The van der Waals surface area contributed by atoms with Crippen molar-refractivity contribution in [3.8, 4) is 17.1 Å². The van der Waals surface area contributed by atoms with Gasteiger partial charge in [0.1, 0.15) is 0 Å². The second kappa shape index (κ2) is 8.41. The van der Waals surface area contributed by atoms with Crippen molar-refractivity contribution in [1.29, 1.82) is 0 Å². The minimum absolute atomic E-state index is 0.0964. The molecule has 0 spiro atoms. The van der Waals surface area contributed by atoms with Crippen LogP contribution in [0.4, 0.5) is 5.69 Å². The summed E-state index contributed by atoms with van der Waals surface area (Å²) >= 11 is 14.1. The lowest BCUT2D eigenvalue weighted by molar-refractivity contribution is -0.764. The normalized spacial score (nSPS) is 14.9. The number of hydrogen-bond donors (Lipinski definition) is 0. The molecule has 154 valence electrons. The number of para-hydroxylation sites is 1. The van der Waals surface area contributed by atoms with Crippen LogP contribution in [0.5, 0.6) is 5.88 Å². The van der Waals surface area contributed by atoms with Crippen molar-refractivity contribution >= 4 is 46.6 Å². The van der Waals surface area contributed by atoms with Gasteiger partial charge in [0.2, 0.25) is 5.91 Å². The topological polar surface area (TPSA) is 73.0 Å². The molecule has 4 rings (SSSR count). The molecule has 0 aliphatic carbocycles. The third-order valence-electron chi connectivity index (χ3n) is 4.89. The number of nitrogens with zero attached hydrogens (tertiary/aromatic N) is 4. The number of hydrogen-bond acceptors (Lipinski definition) is 5. The van der Waals surface area contributed by atoms with Crippen molar-refractivity contribution in [2.24, 2.45) is 0 Å². The molecule has 30 heavy (non-hydrogen) atoms. The van der Waals surface area contributed by atoms with E-state index in [2.05, 4.69) is 10.1 Å². The van der Waals surface area contributed by atoms with E-state index in [1.54, 1.807) is 40.1 Å². The van der Waals surface area contributed by atoms with Gasteiger partial charge in [-0.25, -0.2) is 9.88 Å². The van der Waals surface area contributed by atoms with Crippen molar-refractivity contribution in [1.82, 2.24) is 10.1 Å². The lowest BCUT2D eigenvalue weighted by atomic mass is 10.0. The fraction of sp³-hybridized carbons (Fsp3) is 0.238. The molecule has 0 fully saturated rings. The largest absolute Gasteiger partial charge is 0.854 e. The van der Waals surface area contributed by atoms with E-state index in [0.29, 0.717) is 50.6 Å². The van der Waals surface area contributed by atoms with Gasteiger partial charge in [-0.1, -0.05) is 64.8 Å². The molecule has 0 saturated carbocycles. The molecule has 0 radical (unpaired) electrons. The molecule has 1 aliphatic heterocycles. The van der Waals surface area contributed by atoms with Crippen LogP contribution in [0.3, 0.4) is 0 Å². The van der Waals surface area contributed by atoms with E-state index < -0.39 is 12.0 Å². The molecule has 1 atom stereocenters. The zero-order valence-corrected chi connectivity index (χ0v) is 18.6. The first-order valence-corrected chi connectivity index (χ1v) is 11.4. The lowest BCUT2D eigenvalue weighted by Crippen LogP contribution is -2.59. The van der Waals surface area contributed by atoms with Crippen LogP contribution in [-0.4, -0.2) is 22.2 Å². The minimum atomic E-state index is -0.762. The summed E-state index contributed by atoms with van der Waals surface area (Å²) in [5.41, 5.74) is 2.12. The Balaban J connectivity index is 2.09. The van der Waals surface area contributed by atoms with Crippen LogP contribution in [0.2, 0.25) is 10.0 Å². The Kier molecular flexibility index (Phi) is 5.86. The average molecular weight is 461 g/mol. The summed E-state index contributed by atoms with van der Waals surface area (Å²) in [4.78, 5) is 19.0. The van der Waals surface area contributed by atoms with Gasteiger partial charge >= 0.3 is 0 Å². The van der Waals surface area contributed by atoms with Crippen molar-refractivity contribution in [3.63, 3.8) is 0 Å². The van der Waals surface area contributed by atoms with E-state index in [0.717, 1.165) is 0 Å². The van der Waals surface area contributed by atoms with Crippen molar-refractivity contribution < 1.29 is 14.6 Å². The highest BCUT2D eigenvalue weighted by Crippen LogP contribution is 2.43. The molecular formula is C21H18Cl2N4O2S. The standard InChI is InChI=1S/C21H18Cl2N4O2S/c1-3-7-16(28)26-15-11-5-4-8-12(15)18-19(29)24-21(30-2)25-27(18)20(26)13-9-6-10-14(22)17(13)23/h4-6,8-11,20H,3,7H2,1-2H3. The second-order valence-corrected chi connectivity index (χ2v) is 8.30. The number of anilines is 1. The molecule has 0 N–H and O–H groups in total. The van der Waals surface area contributed by atoms with Crippen LogP contribution in [-0.2, 0) is 4.79 Å². The summed E-state index contributed by atoms with van der Waals surface area (Å²) in [5.74, 6) is -0.506. The smallest absolute Gasteiger partial charge is 0.294 e. The third-order valence-corrected chi connectivity index (χ3v) is 6.26. The maximum Gasteiger partial charge on any atom is 0.294 e. The van der Waals surface area contributed by atoms with E-state index in [1.807, 2.05) is 25.1 Å². The Hall–Kier alpha value is -2.35. The second-order valence-electron chi connectivity index (χ2n) is 6.74. The summed E-state index contributed by atoms with van der Waals surface area (Å²) in [6.07, 6.45) is 2.04. The van der Waals surface area contributed by atoms with Crippen LogP contribution in [0.1, 0.15) is 31.5 Å². The molecule has 1 aromatic heterocycles. The van der Waals surface area contributed by atoms with Gasteiger partial charge < -0.3 is 5.11 Å². The Bertz CT molecular complexity index is 1140. The van der Waals surface area contributed by atoms with E-state index in [1.165, 1.54) is 11.8 Å². The zero-order valence-electron chi connectivity index (χ0n) is 16.3. The first-order valence-electron chi connectivity index (χ1n) is 9.38. The monoisotopic (exact) mass is 460 g/mol. The predicted octanol–water partition coefficient (Wildman–Crippen LogP) is 4.23. The zero-order chi connectivity index (χ0) is 21.4.